The van der Waals surface area contributed by atoms with Gasteiger partial charge in [-0.1, -0.05) is 42.5 Å². The van der Waals surface area contributed by atoms with E-state index in [1.165, 1.54) is 16.3 Å². The second-order valence-electron chi connectivity index (χ2n) is 7.47. The number of fused-ring (bicyclic) bond motifs is 1. The average Bonchev–Trinajstić information content (AvgIpc) is 2.77. The number of rotatable bonds is 7. The third-order valence-corrected chi connectivity index (χ3v) is 6.55. The lowest BCUT2D eigenvalue weighted by atomic mass is 9.93. The summed E-state index contributed by atoms with van der Waals surface area (Å²) >= 11 is 1.95. The summed E-state index contributed by atoms with van der Waals surface area (Å²) in [5.74, 6) is 3.67. The Labute approximate surface area is 201 Å². The second kappa shape index (κ2) is 13.0. The fraction of sp³-hybridized carbons (Fsp3) is 0.478. The Morgan fingerprint density at radius 2 is 1.90 bits per heavy atom. The summed E-state index contributed by atoms with van der Waals surface area (Å²) in [4.78, 5) is 18.3. The number of halogens is 1. The Morgan fingerprint density at radius 1 is 1.17 bits per heavy atom. The van der Waals surface area contributed by atoms with Crippen LogP contribution in [0.25, 0.3) is 10.8 Å². The van der Waals surface area contributed by atoms with Crippen molar-refractivity contribution in [1.29, 1.82) is 0 Å². The van der Waals surface area contributed by atoms with Gasteiger partial charge in [-0.05, 0) is 35.1 Å². The van der Waals surface area contributed by atoms with Crippen molar-refractivity contribution in [2.75, 3.05) is 39.5 Å². The van der Waals surface area contributed by atoms with Gasteiger partial charge in [-0.2, -0.15) is 11.8 Å². The summed E-state index contributed by atoms with van der Waals surface area (Å²) in [6.07, 6.45) is 2.73. The molecule has 5 nitrogen and oxygen atoms in total. The topological polar surface area (TPSA) is 56.7 Å². The normalized spacial score (nSPS) is 15.0. The molecular weight excluding hydrogens is 507 g/mol. The molecule has 0 atom stereocenters. The standard InChI is InChI=1S/C23H32N4OS.HI/c1-24-22(28)16-18-10-13-27(14-11-18)23(25-2)26-12-15-29-17-20-8-5-7-19-6-3-4-9-21(19)20;/h3-9,18H,10-17H2,1-2H3,(H,24,28)(H,25,26);1H. The van der Waals surface area contributed by atoms with E-state index in [9.17, 15) is 4.79 Å². The zero-order valence-electron chi connectivity index (χ0n) is 17.9. The number of piperidine rings is 1. The lowest BCUT2D eigenvalue weighted by molar-refractivity contribution is -0.121. The fourth-order valence-electron chi connectivity index (χ4n) is 3.88. The minimum Gasteiger partial charge on any atom is -0.359 e. The lowest BCUT2D eigenvalue weighted by Crippen LogP contribution is -2.46. The summed E-state index contributed by atoms with van der Waals surface area (Å²) in [5.41, 5.74) is 1.40. The highest BCUT2D eigenvalue weighted by Gasteiger charge is 2.22. The molecule has 1 amide bonds. The van der Waals surface area contributed by atoms with Crippen LogP contribution in [0.5, 0.6) is 0 Å². The van der Waals surface area contributed by atoms with E-state index in [1.54, 1.807) is 7.05 Å². The van der Waals surface area contributed by atoms with Gasteiger partial charge in [0.2, 0.25) is 5.91 Å². The number of carbonyl (C=O) groups is 1. The van der Waals surface area contributed by atoms with Gasteiger partial charge in [-0.15, -0.1) is 24.0 Å². The number of thioether (sulfide) groups is 1. The second-order valence-corrected chi connectivity index (χ2v) is 8.58. The van der Waals surface area contributed by atoms with Crippen LogP contribution >= 0.6 is 35.7 Å². The minimum atomic E-state index is 0. The van der Waals surface area contributed by atoms with Crippen LogP contribution in [0.15, 0.2) is 47.5 Å². The Morgan fingerprint density at radius 3 is 2.63 bits per heavy atom. The van der Waals surface area contributed by atoms with Crippen LogP contribution in [0.2, 0.25) is 0 Å². The van der Waals surface area contributed by atoms with Crippen molar-refractivity contribution in [2.45, 2.75) is 25.0 Å². The molecule has 1 heterocycles. The molecule has 164 valence electrons. The summed E-state index contributed by atoms with van der Waals surface area (Å²) in [6.45, 7) is 2.83. The van der Waals surface area contributed by atoms with Gasteiger partial charge < -0.3 is 15.5 Å². The summed E-state index contributed by atoms with van der Waals surface area (Å²) in [5, 5.41) is 8.89. The summed E-state index contributed by atoms with van der Waals surface area (Å²) in [6, 6.07) is 15.1. The maximum absolute atomic E-state index is 11.6. The highest BCUT2D eigenvalue weighted by Crippen LogP contribution is 2.23. The monoisotopic (exact) mass is 540 g/mol. The molecule has 0 bridgehead atoms. The molecule has 7 heteroatoms. The number of nitrogens with zero attached hydrogens (tertiary/aromatic N) is 2. The number of likely N-dealkylation sites (tertiary alicyclic amines) is 1. The van der Waals surface area contributed by atoms with Crippen molar-refractivity contribution in [3.63, 3.8) is 0 Å². The molecule has 3 rings (SSSR count). The van der Waals surface area contributed by atoms with Gasteiger partial charge >= 0.3 is 0 Å². The lowest BCUT2D eigenvalue weighted by Gasteiger charge is -2.34. The van der Waals surface area contributed by atoms with Crippen LogP contribution in [0.4, 0.5) is 0 Å². The zero-order valence-corrected chi connectivity index (χ0v) is 21.0. The first-order chi connectivity index (χ1) is 14.2. The van der Waals surface area contributed by atoms with E-state index in [0.29, 0.717) is 12.3 Å². The van der Waals surface area contributed by atoms with Crippen LogP contribution in [0, 0.1) is 5.92 Å². The molecule has 0 radical (unpaired) electrons. The quantitative estimate of drug-likeness (QED) is 0.240. The summed E-state index contributed by atoms with van der Waals surface area (Å²) < 4.78 is 0. The SMILES string of the molecule is CN=C(NCCSCc1cccc2ccccc12)N1CCC(CC(=O)NC)CC1.I. The number of aliphatic imine (C=N–C) groups is 1. The van der Waals surface area contributed by atoms with Gasteiger partial charge in [-0.3, -0.25) is 9.79 Å². The first kappa shape index (κ1) is 24.8. The van der Waals surface area contributed by atoms with Gasteiger partial charge in [0.05, 0.1) is 0 Å². The first-order valence-electron chi connectivity index (χ1n) is 10.4. The highest BCUT2D eigenvalue weighted by atomic mass is 127. The Bertz CT molecular complexity index is 832. The zero-order chi connectivity index (χ0) is 20.5. The average molecular weight is 541 g/mol. The number of nitrogens with one attached hydrogen (secondary N) is 2. The van der Waals surface area contributed by atoms with Gasteiger partial charge in [-0.25, -0.2) is 0 Å². The van der Waals surface area contributed by atoms with Crippen molar-refractivity contribution < 1.29 is 4.79 Å². The van der Waals surface area contributed by atoms with E-state index < -0.39 is 0 Å². The highest BCUT2D eigenvalue weighted by molar-refractivity contribution is 14.0. The maximum atomic E-state index is 11.6. The molecule has 1 saturated heterocycles. The van der Waals surface area contributed by atoms with Gasteiger partial charge in [0.15, 0.2) is 5.96 Å². The molecule has 0 saturated carbocycles. The van der Waals surface area contributed by atoms with Crippen molar-refractivity contribution in [3.8, 4) is 0 Å². The molecule has 0 aliphatic carbocycles. The van der Waals surface area contributed by atoms with E-state index >= 15 is 0 Å². The number of carbonyl (C=O) groups excluding carboxylic acids is 1. The Hall–Kier alpha value is -1.48. The predicted octanol–water partition coefficient (Wildman–Crippen LogP) is 4.11. The Kier molecular flexibility index (Phi) is 10.8. The molecule has 0 unspecified atom stereocenters. The number of hydrogen-bond donors (Lipinski definition) is 2. The minimum absolute atomic E-state index is 0. The van der Waals surface area contributed by atoms with Gasteiger partial charge in [0.1, 0.15) is 0 Å². The Balaban J connectivity index is 0.00000320. The van der Waals surface area contributed by atoms with Crippen LogP contribution in [0.1, 0.15) is 24.8 Å². The third-order valence-electron chi connectivity index (χ3n) is 5.55. The summed E-state index contributed by atoms with van der Waals surface area (Å²) in [7, 11) is 3.56. The van der Waals surface area contributed by atoms with Gasteiger partial charge in [0.25, 0.3) is 0 Å². The van der Waals surface area contributed by atoms with E-state index in [-0.39, 0.29) is 29.9 Å². The molecule has 30 heavy (non-hydrogen) atoms. The molecular formula is C23H33IN4OS. The number of guanidine groups is 1. The molecule has 1 aliphatic rings. The van der Waals surface area contributed by atoms with E-state index in [1.807, 2.05) is 18.8 Å². The van der Waals surface area contributed by atoms with E-state index in [2.05, 4.69) is 63.0 Å². The largest absolute Gasteiger partial charge is 0.359 e. The van der Waals surface area contributed by atoms with Crippen molar-refractivity contribution in [3.05, 3.63) is 48.0 Å². The first-order valence-corrected chi connectivity index (χ1v) is 11.6. The van der Waals surface area contributed by atoms with Gasteiger partial charge in [0, 0.05) is 51.7 Å². The third kappa shape index (κ3) is 7.04. The van der Waals surface area contributed by atoms with Crippen molar-refractivity contribution >= 4 is 58.4 Å². The molecule has 0 aromatic heterocycles. The molecule has 2 aromatic carbocycles. The molecule has 1 aliphatic heterocycles. The fourth-order valence-corrected chi connectivity index (χ4v) is 4.74. The molecule has 2 N–H and O–H groups in total. The number of amides is 1. The smallest absolute Gasteiger partial charge is 0.220 e. The molecule has 1 fully saturated rings. The molecule has 0 spiro atoms. The maximum Gasteiger partial charge on any atom is 0.220 e. The van der Waals surface area contributed by atoms with Crippen molar-refractivity contribution in [1.82, 2.24) is 15.5 Å². The van der Waals surface area contributed by atoms with Crippen LogP contribution in [-0.2, 0) is 10.5 Å². The van der Waals surface area contributed by atoms with Crippen LogP contribution < -0.4 is 10.6 Å². The predicted molar refractivity (Wildman–Crippen MR) is 140 cm³/mol. The number of hydrogen-bond acceptors (Lipinski definition) is 3. The van der Waals surface area contributed by atoms with Crippen LogP contribution in [0.3, 0.4) is 0 Å². The van der Waals surface area contributed by atoms with E-state index in [4.69, 9.17) is 0 Å². The number of benzene rings is 2. The van der Waals surface area contributed by atoms with E-state index in [0.717, 1.165) is 49.9 Å². The van der Waals surface area contributed by atoms with Crippen LogP contribution in [-0.4, -0.2) is 56.2 Å². The van der Waals surface area contributed by atoms with Crippen molar-refractivity contribution in [2.24, 2.45) is 10.9 Å². The molecule has 2 aromatic rings.